The minimum atomic E-state index is -0.641. The standard InChI is InChI=1S/C15H15NO3/c17-12-4-5-14-13(8-12)15(18)10(9-19-14)7-11-3-1-2-6-16-11/h1-6,8,10,15,17-18H,7,9H2/t10-,15+/m1/s1. The van der Waals surface area contributed by atoms with E-state index in [1.807, 2.05) is 18.2 Å². The van der Waals surface area contributed by atoms with E-state index in [-0.39, 0.29) is 11.7 Å². The van der Waals surface area contributed by atoms with Gasteiger partial charge in [0.25, 0.3) is 0 Å². The Morgan fingerprint density at radius 2 is 2.16 bits per heavy atom. The molecule has 4 heteroatoms. The molecule has 19 heavy (non-hydrogen) atoms. The van der Waals surface area contributed by atoms with Crippen LogP contribution in [0.5, 0.6) is 11.5 Å². The van der Waals surface area contributed by atoms with Gasteiger partial charge in [-0.3, -0.25) is 4.98 Å². The smallest absolute Gasteiger partial charge is 0.125 e. The van der Waals surface area contributed by atoms with Crippen molar-refractivity contribution in [3.63, 3.8) is 0 Å². The highest BCUT2D eigenvalue weighted by molar-refractivity contribution is 5.42. The molecule has 1 aromatic heterocycles. The first kappa shape index (κ1) is 12.0. The highest BCUT2D eigenvalue weighted by atomic mass is 16.5. The summed E-state index contributed by atoms with van der Waals surface area (Å²) in [6.07, 6.45) is 1.75. The van der Waals surface area contributed by atoms with Crippen molar-refractivity contribution < 1.29 is 14.9 Å². The summed E-state index contributed by atoms with van der Waals surface area (Å²) < 4.78 is 5.63. The molecule has 0 saturated heterocycles. The minimum Gasteiger partial charge on any atom is -0.508 e. The molecule has 2 atom stereocenters. The molecule has 0 unspecified atom stereocenters. The van der Waals surface area contributed by atoms with E-state index in [1.54, 1.807) is 24.4 Å². The third-order valence-corrected chi connectivity index (χ3v) is 3.41. The molecule has 1 aliphatic rings. The van der Waals surface area contributed by atoms with E-state index >= 15 is 0 Å². The number of ether oxygens (including phenoxy) is 1. The van der Waals surface area contributed by atoms with E-state index in [0.29, 0.717) is 24.3 Å². The maximum atomic E-state index is 10.4. The normalized spacial score (nSPS) is 21.5. The lowest BCUT2D eigenvalue weighted by molar-refractivity contribution is 0.0500. The second-order valence-corrected chi connectivity index (χ2v) is 4.76. The van der Waals surface area contributed by atoms with Crippen LogP contribution in [0.4, 0.5) is 0 Å². The number of phenols is 1. The number of benzene rings is 1. The van der Waals surface area contributed by atoms with Crippen molar-refractivity contribution in [3.05, 3.63) is 53.9 Å². The number of aliphatic hydroxyl groups is 1. The topological polar surface area (TPSA) is 62.6 Å². The zero-order chi connectivity index (χ0) is 13.2. The number of phenolic OH excluding ortho intramolecular Hbond substituents is 1. The fourth-order valence-electron chi connectivity index (χ4n) is 2.40. The molecule has 0 bridgehead atoms. The van der Waals surface area contributed by atoms with Gasteiger partial charge in [0.2, 0.25) is 0 Å². The van der Waals surface area contributed by atoms with Crippen molar-refractivity contribution in [1.82, 2.24) is 4.98 Å². The van der Waals surface area contributed by atoms with Gasteiger partial charge in [0, 0.05) is 23.4 Å². The maximum absolute atomic E-state index is 10.4. The molecule has 0 radical (unpaired) electrons. The van der Waals surface area contributed by atoms with Gasteiger partial charge in [-0.15, -0.1) is 0 Å². The van der Waals surface area contributed by atoms with Crippen molar-refractivity contribution in [2.75, 3.05) is 6.61 Å². The average Bonchev–Trinajstić information content (AvgIpc) is 2.44. The molecule has 0 aliphatic carbocycles. The van der Waals surface area contributed by atoms with E-state index in [4.69, 9.17) is 4.74 Å². The Morgan fingerprint density at radius 3 is 2.95 bits per heavy atom. The molecule has 1 aromatic carbocycles. The molecule has 2 aromatic rings. The molecule has 0 saturated carbocycles. The van der Waals surface area contributed by atoms with Crippen molar-refractivity contribution >= 4 is 0 Å². The summed E-state index contributed by atoms with van der Waals surface area (Å²) in [6, 6.07) is 10.5. The van der Waals surface area contributed by atoms with Crippen LogP contribution in [-0.4, -0.2) is 21.8 Å². The average molecular weight is 257 g/mol. The lowest BCUT2D eigenvalue weighted by Crippen LogP contribution is -2.27. The Labute approximate surface area is 111 Å². The lowest BCUT2D eigenvalue weighted by Gasteiger charge is -2.30. The van der Waals surface area contributed by atoms with E-state index in [1.165, 1.54) is 0 Å². The number of rotatable bonds is 2. The number of fused-ring (bicyclic) bond motifs is 1. The zero-order valence-electron chi connectivity index (χ0n) is 10.4. The highest BCUT2D eigenvalue weighted by Crippen LogP contribution is 2.38. The summed E-state index contributed by atoms with van der Waals surface area (Å²) in [7, 11) is 0. The monoisotopic (exact) mass is 257 g/mol. The van der Waals surface area contributed by atoms with Gasteiger partial charge in [-0.05, 0) is 36.8 Å². The van der Waals surface area contributed by atoms with Gasteiger partial charge in [-0.25, -0.2) is 0 Å². The third-order valence-electron chi connectivity index (χ3n) is 3.41. The summed E-state index contributed by atoms with van der Waals surface area (Å²) >= 11 is 0. The molecule has 2 N–H and O–H groups in total. The molecule has 0 fully saturated rings. The van der Waals surface area contributed by atoms with Crippen LogP contribution in [0, 0.1) is 5.92 Å². The Morgan fingerprint density at radius 1 is 1.26 bits per heavy atom. The molecular formula is C15H15NO3. The molecule has 98 valence electrons. The van der Waals surface area contributed by atoms with Crippen molar-refractivity contribution in [2.24, 2.45) is 5.92 Å². The second-order valence-electron chi connectivity index (χ2n) is 4.76. The van der Waals surface area contributed by atoms with Gasteiger partial charge < -0.3 is 14.9 Å². The van der Waals surface area contributed by atoms with Crippen LogP contribution >= 0.6 is 0 Å². The number of hydrogen-bond donors (Lipinski definition) is 2. The van der Waals surface area contributed by atoms with Crippen molar-refractivity contribution in [3.8, 4) is 11.5 Å². The number of hydrogen-bond acceptors (Lipinski definition) is 4. The highest BCUT2D eigenvalue weighted by Gasteiger charge is 2.30. The Kier molecular flexibility index (Phi) is 3.09. The van der Waals surface area contributed by atoms with Gasteiger partial charge in [-0.2, -0.15) is 0 Å². The first-order valence-corrected chi connectivity index (χ1v) is 6.28. The Hall–Kier alpha value is -2.07. The molecule has 4 nitrogen and oxygen atoms in total. The summed E-state index contributed by atoms with van der Waals surface area (Å²) in [6.45, 7) is 0.454. The predicted octanol–water partition coefficient (Wildman–Crippen LogP) is 2.07. The maximum Gasteiger partial charge on any atom is 0.125 e. The van der Waals surface area contributed by atoms with E-state index in [0.717, 1.165) is 5.69 Å². The zero-order valence-corrected chi connectivity index (χ0v) is 10.4. The molecule has 3 rings (SSSR count). The van der Waals surface area contributed by atoms with Crippen LogP contribution in [0.1, 0.15) is 17.4 Å². The molecular weight excluding hydrogens is 242 g/mol. The summed E-state index contributed by atoms with van der Waals surface area (Å²) in [5, 5.41) is 19.9. The summed E-state index contributed by atoms with van der Waals surface area (Å²) in [5.41, 5.74) is 1.57. The lowest BCUT2D eigenvalue weighted by atomic mass is 9.89. The Balaban J connectivity index is 1.83. The Bertz CT molecular complexity index is 571. The minimum absolute atomic E-state index is 0.0517. The van der Waals surface area contributed by atoms with Crippen molar-refractivity contribution in [2.45, 2.75) is 12.5 Å². The van der Waals surface area contributed by atoms with Gasteiger partial charge in [0.15, 0.2) is 0 Å². The van der Waals surface area contributed by atoms with Crippen LogP contribution in [0.3, 0.4) is 0 Å². The van der Waals surface area contributed by atoms with E-state index in [2.05, 4.69) is 4.98 Å². The van der Waals surface area contributed by atoms with Crippen LogP contribution in [-0.2, 0) is 6.42 Å². The molecule has 1 aliphatic heterocycles. The number of aliphatic hydroxyl groups excluding tert-OH is 1. The number of pyridine rings is 1. The van der Waals surface area contributed by atoms with E-state index < -0.39 is 6.10 Å². The fourth-order valence-corrected chi connectivity index (χ4v) is 2.40. The van der Waals surface area contributed by atoms with Crippen LogP contribution in [0.25, 0.3) is 0 Å². The fraction of sp³-hybridized carbons (Fsp3) is 0.267. The summed E-state index contributed by atoms with van der Waals surface area (Å²) in [5.74, 6) is 0.728. The van der Waals surface area contributed by atoms with Crippen molar-refractivity contribution in [1.29, 1.82) is 0 Å². The second kappa shape index (κ2) is 4.90. The van der Waals surface area contributed by atoms with Crippen LogP contribution in [0.2, 0.25) is 0 Å². The summed E-state index contributed by atoms with van der Waals surface area (Å²) in [4.78, 5) is 4.26. The van der Waals surface area contributed by atoms with Gasteiger partial charge in [0.05, 0.1) is 12.7 Å². The van der Waals surface area contributed by atoms with Gasteiger partial charge >= 0.3 is 0 Å². The molecule has 0 spiro atoms. The first-order chi connectivity index (χ1) is 9.24. The first-order valence-electron chi connectivity index (χ1n) is 6.28. The van der Waals surface area contributed by atoms with E-state index in [9.17, 15) is 10.2 Å². The van der Waals surface area contributed by atoms with Crippen LogP contribution < -0.4 is 4.74 Å². The number of aromatic hydroxyl groups is 1. The SMILES string of the molecule is Oc1ccc2c(c1)[C@@H](O)[C@H](Cc1ccccn1)CO2. The number of aromatic nitrogens is 1. The predicted molar refractivity (Wildman–Crippen MR) is 70.0 cm³/mol. The van der Waals surface area contributed by atoms with Gasteiger partial charge in [-0.1, -0.05) is 6.07 Å². The number of nitrogens with zero attached hydrogens (tertiary/aromatic N) is 1. The van der Waals surface area contributed by atoms with Crippen LogP contribution in [0.15, 0.2) is 42.6 Å². The van der Waals surface area contributed by atoms with Gasteiger partial charge in [0.1, 0.15) is 11.5 Å². The quantitative estimate of drug-likeness (QED) is 0.864. The molecule has 0 amide bonds. The molecule has 2 heterocycles. The largest absolute Gasteiger partial charge is 0.508 e. The third kappa shape index (κ3) is 2.39.